The van der Waals surface area contributed by atoms with Crippen LogP contribution in [0.1, 0.15) is 22.1 Å². The molecule has 9 heteroatoms. The molecule has 2 amide bonds. The van der Waals surface area contributed by atoms with E-state index in [1.807, 2.05) is 48.5 Å². The Balaban J connectivity index is 1.45. The molecule has 1 heterocycles. The third kappa shape index (κ3) is 5.59. The third-order valence-corrected chi connectivity index (χ3v) is 6.59. The number of ether oxygens (including phenoxy) is 2. The number of halogens is 3. The quantitative estimate of drug-likeness (QED) is 0.426. The lowest BCUT2D eigenvalue weighted by atomic mass is 10.1. The zero-order chi connectivity index (χ0) is 24.1. The Hall–Kier alpha value is -3.33. The van der Waals surface area contributed by atoms with Crippen LogP contribution in [0.25, 0.3) is 0 Å². The van der Waals surface area contributed by atoms with Crippen LogP contribution in [0, 0.1) is 0 Å². The third-order valence-electron chi connectivity index (χ3n) is 5.33. The second kappa shape index (κ2) is 10.3. The van der Waals surface area contributed by atoms with Crippen molar-refractivity contribution in [2.24, 2.45) is 0 Å². The molecule has 178 valence electrons. The lowest BCUT2D eigenvalue weighted by Crippen LogP contribution is -2.34. The highest BCUT2D eigenvalue weighted by atomic mass is 32.2. The van der Waals surface area contributed by atoms with Crippen molar-refractivity contribution in [1.29, 1.82) is 0 Å². The van der Waals surface area contributed by atoms with Gasteiger partial charge in [-0.2, -0.15) is 13.2 Å². The summed E-state index contributed by atoms with van der Waals surface area (Å²) in [7, 11) is 1.56. The number of carbonyl (C=O) groups is 1. The number of hydrogen-bond acceptors (Lipinski definition) is 4. The molecule has 5 nitrogen and oxygen atoms in total. The van der Waals surface area contributed by atoms with Crippen molar-refractivity contribution in [3.8, 4) is 11.5 Å². The normalized spacial score (nSPS) is 15.8. The topological polar surface area (TPSA) is 50.8 Å². The number of alkyl halides is 3. The molecule has 1 saturated heterocycles. The smallest absolute Gasteiger partial charge is 0.416 e. The number of anilines is 1. The van der Waals surface area contributed by atoms with Crippen LogP contribution in [0.2, 0.25) is 0 Å². The van der Waals surface area contributed by atoms with E-state index < -0.39 is 11.7 Å². The number of hydrogen-bond donors (Lipinski definition) is 1. The first-order chi connectivity index (χ1) is 16.3. The summed E-state index contributed by atoms with van der Waals surface area (Å²) < 4.78 is 49.8. The first-order valence-corrected chi connectivity index (χ1v) is 11.6. The fourth-order valence-electron chi connectivity index (χ4n) is 3.58. The number of benzene rings is 3. The van der Waals surface area contributed by atoms with Gasteiger partial charge in [-0.15, -0.1) is 11.8 Å². The van der Waals surface area contributed by atoms with Gasteiger partial charge in [-0.3, -0.25) is 0 Å². The number of methoxy groups -OCH3 is 1. The maximum Gasteiger partial charge on any atom is 0.416 e. The number of thioether (sulfide) groups is 1. The van der Waals surface area contributed by atoms with Gasteiger partial charge in [0.15, 0.2) is 11.5 Å². The molecule has 0 aliphatic carbocycles. The van der Waals surface area contributed by atoms with Crippen molar-refractivity contribution in [2.75, 3.05) is 24.7 Å². The standard InChI is InChI=1S/C25H23F3N2O3S/c1-32-22-15-18(7-12-21(22)33-16-17-5-3-2-4-6-17)23-30(13-14-34-23)24(31)29-20-10-8-19(9-11-20)25(26,27)28/h2-12,15,23H,13-14,16H2,1H3,(H,29,31)/t23-/m0/s1. The van der Waals surface area contributed by atoms with Gasteiger partial charge in [-0.25, -0.2) is 4.79 Å². The van der Waals surface area contributed by atoms with Gasteiger partial charge in [-0.05, 0) is 47.5 Å². The van der Waals surface area contributed by atoms with Crippen molar-refractivity contribution in [3.05, 3.63) is 89.5 Å². The number of rotatable bonds is 6. The molecule has 1 aliphatic rings. The van der Waals surface area contributed by atoms with E-state index in [1.165, 1.54) is 12.1 Å². The van der Waals surface area contributed by atoms with Crippen molar-refractivity contribution < 1.29 is 27.4 Å². The molecule has 0 radical (unpaired) electrons. The van der Waals surface area contributed by atoms with E-state index in [0.29, 0.717) is 30.3 Å². The molecule has 1 atom stereocenters. The van der Waals surface area contributed by atoms with E-state index in [1.54, 1.807) is 23.8 Å². The van der Waals surface area contributed by atoms with Crippen LogP contribution in [0.4, 0.5) is 23.7 Å². The van der Waals surface area contributed by atoms with E-state index in [0.717, 1.165) is 29.0 Å². The Morgan fingerprint density at radius 2 is 1.79 bits per heavy atom. The summed E-state index contributed by atoms with van der Waals surface area (Å²) in [5.74, 6) is 1.89. The minimum atomic E-state index is -4.42. The Morgan fingerprint density at radius 1 is 1.06 bits per heavy atom. The van der Waals surface area contributed by atoms with Crippen LogP contribution in [0.5, 0.6) is 11.5 Å². The number of nitrogens with zero attached hydrogens (tertiary/aromatic N) is 1. The zero-order valence-electron chi connectivity index (χ0n) is 18.3. The Kier molecular flexibility index (Phi) is 7.21. The maximum absolute atomic E-state index is 12.9. The Labute approximate surface area is 199 Å². The molecule has 0 aromatic heterocycles. The van der Waals surface area contributed by atoms with Crippen LogP contribution in [-0.2, 0) is 12.8 Å². The van der Waals surface area contributed by atoms with Crippen LogP contribution >= 0.6 is 11.8 Å². The molecule has 0 spiro atoms. The van der Waals surface area contributed by atoms with Gasteiger partial charge in [0.05, 0.1) is 12.7 Å². The van der Waals surface area contributed by atoms with Crippen molar-refractivity contribution in [2.45, 2.75) is 18.2 Å². The van der Waals surface area contributed by atoms with Crippen molar-refractivity contribution in [3.63, 3.8) is 0 Å². The highest BCUT2D eigenvalue weighted by molar-refractivity contribution is 7.99. The molecule has 1 N–H and O–H groups in total. The first kappa shape index (κ1) is 23.8. The fraction of sp³-hybridized carbons (Fsp3) is 0.240. The monoisotopic (exact) mass is 488 g/mol. The lowest BCUT2D eigenvalue weighted by molar-refractivity contribution is -0.137. The van der Waals surface area contributed by atoms with Gasteiger partial charge in [-0.1, -0.05) is 36.4 Å². The maximum atomic E-state index is 12.9. The fourth-order valence-corrected chi connectivity index (χ4v) is 4.83. The molecule has 3 aromatic rings. The molecule has 1 fully saturated rings. The summed E-state index contributed by atoms with van der Waals surface area (Å²) in [5.41, 5.74) is 1.44. The molecule has 34 heavy (non-hydrogen) atoms. The summed E-state index contributed by atoms with van der Waals surface area (Å²) >= 11 is 1.60. The predicted molar refractivity (Wildman–Crippen MR) is 126 cm³/mol. The number of urea groups is 1. The predicted octanol–water partition coefficient (Wildman–Crippen LogP) is 6.57. The summed E-state index contributed by atoms with van der Waals surface area (Å²) in [5, 5.41) is 2.43. The summed E-state index contributed by atoms with van der Waals surface area (Å²) in [4.78, 5) is 14.5. The van der Waals surface area contributed by atoms with Crippen LogP contribution in [-0.4, -0.2) is 30.3 Å². The zero-order valence-corrected chi connectivity index (χ0v) is 19.2. The first-order valence-electron chi connectivity index (χ1n) is 10.6. The highest BCUT2D eigenvalue weighted by Gasteiger charge is 2.32. The van der Waals surface area contributed by atoms with Crippen molar-refractivity contribution in [1.82, 2.24) is 4.90 Å². The summed E-state index contributed by atoms with van der Waals surface area (Å²) in [6, 6.07) is 19.4. The molecule has 0 saturated carbocycles. The molecule has 3 aromatic carbocycles. The van der Waals surface area contributed by atoms with Crippen LogP contribution in [0.3, 0.4) is 0 Å². The van der Waals surface area contributed by atoms with Crippen LogP contribution in [0.15, 0.2) is 72.8 Å². The molecule has 4 rings (SSSR count). The highest BCUT2D eigenvalue weighted by Crippen LogP contribution is 2.41. The Bertz CT molecular complexity index is 1120. The van der Waals surface area contributed by atoms with E-state index in [4.69, 9.17) is 9.47 Å². The van der Waals surface area contributed by atoms with E-state index >= 15 is 0 Å². The van der Waals surface area contributed by atoms with Gasteiger partial charge in [0.2, 0.25) is 0 Å². The molecule has 0 bridgehead atoms. The minimum absolute atomic E-state index is 0.258. The minimum Gasteiger partial charge on any atom is -0.493 e. The van der Waals surface area contributed by atoms with Crippen molar-refractivity contribution >= 4 is 23.5 Å². The van der Waals surface area contributed by atoms with Gasteiger partial charge in [0, 0.05) is 18.0 Å². The summed E-state index contributed by atoms with van der Waals surface area (Å²) in [6.07, 6.45) is -4.42. The molecular weight excluding hydrogens is 465 g/mol. The molecule has 1 aliphatic heterocycles. The van der Waals surface area contributed by atoms with E-state index in [-0.39, 0.29) is 11.4 Å². The number of carbonyl (C=O) groups excluding carboxylic acids is 1. The largest absolute Gasteiger partial charge is 0.493 e. The van der Waals surface area contributed by atoms with Gasteiger partial charge in [0.1, 0.15) is 12.0 Å². The van der Waals surface area contributed by atoms with Gasteiger partial charge in [0.25, 0.3) is 0 Å². The SMILES string of the molecule is COc1cc([C@@H]2SCCN2C(=O)Nc2ccc(C(F)(F)F)cc2)ccc1OCc1ccccc1. The van der Waals surface area contributed by atoms with Gasteiger partial charge >= 0.3 is 12.2 Å². The second-order valence-corrected chi connectivity index (χ2v) is 8.79. The van der Waals surface area contributed by atoms with Crippen LogP contribution < -0.4 is 14.8 Å². The number of amides is 2. The summed E-state index contributed by atoms with van der Waals surface area (Å²) in [6.45, 7) is 0.909. The lowest BCUT2D eigenvalue weighted by Gasteiger charge is -2.25. The van der Waals surface area contributed by atoms with E-state index in [2.05, 4.69) is 5.32 Å². The van der Waals surface area contributed by atoms with E-state index in [9.17, 15) is 18.0 Å². The molecule has 0 unspecified atom stereocenters. The second-order valence-electron chi connectivity index (χ2n) is 7.61. The molecular formula is C25H23F3N2O3S. The number of nitrogens with one attached hydrogen (secondary N) is 1. The average molecular weight is 489 g/mol. The van der Waals surface area contributed by atoms with Gasteiger partial charge < -0.3 is 19.7 Å². The Morgan fingerprint density at radius 3 is 2.47 bits per heavy atom. The average Bonchev–Trinajstić information content (AvgIpc) is 3.33.